The van der Waals surface area contributed by atoms with Gasteiger partial charge in [-0.05, 0) is 147 Å². The van der Waals surface area contributed by atoms with Crippen molar-refractivity contribution in [1.29, 1.82) is 0 Å². The predicted molar refractivity (Wildman–Crippen MR) is 291 cm³/mol. The topological polar surface area (TPSA) is 79.4 Å². The van der Waals surface area contributed by atoms with Crippen LogP contribution >= 0.6 is 0 Å². The van der Waals surface area contributed by atoms with Gasteiger partial charge in [-0.3, -0.25) is 0 Å². The quantitative estimate of drug-likeness (QED) is 0.127. The van der Waals surface area contributed by atoms with Gasteiger partial charge in [-0.1, -0.05) is 136 Å². The van der Waals surface area contributed by atoms with Gasteiger partial charge >= 0.3 is 0 Å². The molecule has 6 aliphatic rings. The lowest BCUT2D eigenvalue weighted by molar-refractivity contribution is -0.173. The number of hydrogen-bond acceptors (Lipinski definition) is 8. The average molecular weight is 974 g/mol. The molecule has 8 rings (SSSR count). The second kappa shape index (κ2) is 22.9. The third kappa shape index (κ3) is 9.94. The van der Waals surface area contributed by atoms with Gasteiger partial charge in [0.15, 0.2) is 23.0 Å². The normalized spacial score (nSPS) is 32.4. The van der Waals surface area contributed by atoms with Crippen molar-refractivity contribution in [2.45, 2.75) is 223 Å². The first-order chi connectivity index (χ1) is 33.4. The molecule has 0 amide bonds. The van der Waals surface area contributed by atoms with Crippen LogP contribution in [0.2, 0.25) is 0 Å². The molecule has 4 unspecified atom stereocenters. The second-order valence-electron chi connectivity index (χ2n) is 24.5. The number of rotatable bonds is 20. The Bertz CT molecular complexity index is 2000. The number of methoxy groups -OCH3 is 2. The Morgan fingerprint density at radius 2 is 1.37 bits per heavy atom. The monoisotopic (exact) mass is 973 g/mol. The minimum atomic E-state index is -0.210. The number of unbranched alkanes of at least 4 members (excludes halogenated alkanes) is 1. The Hall–Kier alpha value is -2.52. The fourth-order valence-corrected chi connectivity index (χ4v) is 14.9. The van der Waals surface area contributed by atoms with Gasteiger partial charge in [-0.15, -0.1) is 0 Å². The van der Waals surface area contributed by atoms with Crippen LogP contribution in [0.25, 0.3) is 0 Å². The van der Waals surface area contributed by atoms with Crippen LogP contribution in [0.3, 0.4) is 0 Å². The van der Waals surface area contributed by atoms with Crippen LogP contribution in [0, 0.1) is 51.8 Å². The van der Waals surface area contributed by atoms with E-state index in [1.165, 1.54) is 47.9 Å². The third-order valence-electron chi connectivity index (χ3n) is 19.5. The molecule has 0 radical (unpaired) electrons. The van der Waals surface area contributed by atoms with Crippen LogP contribution < -0.4 is 29.6 Å². The Morgan fingerprint density at radius 3 is 1.91 bits per heavy atom. The van der Waals surface area contributed by atoms with Crippen molar-refractivity contribution >= 4 is 0 Å². The van der Waals surface area contributed by atoms with Gasteiger partial charge in [0.05, 0.1) is 6.10 Å². The molecule has 2 aliphatic heterocycles. The zero-order chi connectivity index (χ0) is 51.6. The summed E-state index contributed by atoms with van der Waals surface area (Å²) in [6.45, 7) is 42.9. The summed E-state index contributed by atoms with van der Waals surface area (Å²) in [5, 5.41) is 8.08. The van der Waals surface area contributed by atoms with E-state index in [0.29, 0.717) is 48.8 Å². The lowest BCUT2D eigenvalue weighted by Crippen LogP contribution is -2.65. The number of hydrogen-bond donors (Lipinski definition) is 2. The van der Waals surface area contributed by atoms with Crippen molar-refractivity contribution in [3.05, 3.63) is 46.5 Å². The Balaban J connectivity index is 0.00000196. The molecule has 3 fully saturated rings. The van der Waals surface area contributed by atoms with Crippen molar-refractivity contribution in [3.63, 3.8) is 0 Å². The third-order valence-corrected chi connectivity index (χ3v) is 19.5. The van der Waals surface area contributed by atoms with Crippen molar-refractivity contribution in [1.82, 2.24) is 10.6 Å². The molecule has 0 bridgehead atoms. The molecule has 2 heterocycles. The Labute approximate surface area is 428 Å². The molecule has 70 heavy (non-hydrogen) atoms. The molecule has 3 saturated carbocycles. The first-order valence-corrected chi connectivity index (χ1v) is 28.8. The van der Waals surface area contributed by atoms with E-state index >= 15 is 0 Å². The fraction of sp³-hybridized carbons (Fsp3) is 0.806. The standard InChI is InChI=1S/C58H92N2O6.2C2H6/c1-16-20-27-59-34-40-32-56(13,36(6)55(10,11)12)52(62-15)53-57(40,18-3)46-38(17-2)23-25-44(49(46)66-53)63-28-29-64-45-26-24-39-30-43(60-33-37-21-22-37)42-31-41(35(5)54(7,8)9)48(61-14)51-58(42,19-4)47(39)50(45)65-51;2*1-2/h23-26,35-37,40-43,48,51-53,59-60H,16-22,27-34H2,1-15H3;2*1-2H3/t35-,36+,40?,41-,42?,43-,48?,51+,52+,53+,56-,57?,58+;;/m1../s1. The predicted octanol–water partition coefficient (Wildman–Crippen LogP) is 13.9. The van der Waals surface area contributed by atoms with E-state index in [1.807, 2.05) is 41.9 Å². The van der Waals surface area contributed by atoms with Crippen molar-refractivity contribution < 1.29 is 28.4 Å². The maximum absolute atomic E-state index is 7.44. The smallest absolute Gasteiger partial charge is 0.165 e. The highest BCUT2D eigenvalue weighted by molar-refractivity contribution is 5.62. The summed E-state index contributed by atoms with van der Waals surface area (Å²) in [6, 6.07) is 9.39. The molecular weight excluding hydrogens is 869 g/mol. The molecule has 13 atom stereocenters. The minimum absolute atomic E-state index is 0.00342. The van der Waals surface area contributed by atoms with Gasteiger partial charge in [-0.25, -0.2) is 0 Å². The van der Waals surface area contributed by atoms with Gasteiger partial charge < -0.3 is 39.1 Å². The fourth-order valence-electron chi connectivity index (χ4n) is 14.9. The summed E-state index contributed by atoms with van der Waals surface area (Å²) >= 11 is 0. The van der Waals surface area contributed by atoms with Gasteiger partial charge in [0.2, 0.25) is 0 Å². The van der Waals surface area contributed by atoms with Crippen LogP contribution in [0.1, 0.15) is 191 Å². The number of aryl methyl sites for hydroxylation is 1. The van der Waals surface area contributed by atoms with Crippen LogP contribution in [0.5, 0.6) is 23.0 Å². The summed E-state index contributed by atoms with van der Waals surface area (Å²) in [6.07, 6.45) is 11.0. The van der Waals surface area contributed by atoms with Crippen LogP contribution in [0.15, 0.2) is 24.3 Å². The molecule has 2 aromatic rings. The van der Waals surface area contributed by atoms with E-state index in [1.54, 1.807) is 0 Å². The molecule has 0 saturated heterocycles. The molecule has 8 heteroatoms. The SMILES string of the molecule is CC.CC.CCCCNCC1C[C@](C)([C@@H](C)C(C)(C)C)[C@@H](OC)[C@@H]2Oc3c(OCCOc4ccc5c6c4O[C@H]4C(OC)[C@@H]([C@@H](C)C(C)(C)C)CC([C@H](NCC7CC7)C5)[C@@]64CC)ccc(CC)c3C12CC. The summed E-state index contributed by atoms with van der Waals surface area (Å²) in [5.41, 5.74) is 5.34. The number of fused-ring (bicyclic) bond motifs is 3. The average Bonchev–Trinajstić information content (AvgIpc) is 4.02. The molecule has 0 aromatic heterocycles. The van der Waals surface area contributed by atoms with Crippen LogP contribution in [-0.2, 0) is 33.1 Å². The molecular formula is C62H104N2O6. The zero-order valence-corrected chi connectivity index (χ0v) is 48.2. The summed E-state index contributed by atoms with van der Waals surface area (Å²) < 4.78 is 41.7. The maximum Gasteiger partial charge on any atom is 0.165 e. The Morgan fingerprint density at radius 1 is 0.757 bits per heavy atom. The van der Waals surface area contributed by atoms with Gasteiger partial charge in [-0.2, -0.15) is 0 Å². The van der Waals surface area contributed by atoms with Gasteiger partial charge in [0, 0.05) is 47.6 Å². The first kappa shape index (κ1) is 56.8. The highest BCUT2D eigenvalue weighted by Crippen LogP contribution is 2.66. The first-order valence-electron chi connectivity index (χ1n) is 28.8. The lowest BCUT2D eigenvalue weighted by Gasteiger charge is -2.59. The maximum atomic E-state index is 7.44. The van der Waals surface area contributed by atoms with E-state index in [-0.39, 0.29) is 51.5 Å². The highest BCUT2D eigenvalue weighted by Gasteiger charge is 2.68. The molecule has 4 aliphatic carbocycles. The summed E-state index contributed by atoms with van der Waals surface area (Å²) in [5.74, 6) is 6.43. The molecule has 398 valence electrons. The Kier molecular flexibility index (Phi) is 18.6. The number of nitrogens with one attached hydrogen (secondary N) is 2. The van der Waals surface area contributed by atoms with E-state index in [9.17, 15) is 0 Å². The number of ether oxygens (including phenoxy) is 6. The van der Waals surface area contributed by atoms with Crippen molar-refractivity contribution in [2.24, 2.45) is 51.8 Å². The van der Waals surface area contributed by atoms with Crippen LogP contribution in [0.4, 0.5) is 0 Å². The summed E-state index contributed by atoms with van der Waals surface area (Å²) in [7, 11) is 3.83. The molecule has 0 spiro atoms. The molecule has 2 N–H and O–H groups in total. The second-order valence-corrected chi connectivity index (χ2v) is 24.5. The minimum Gasteiger partial charge on any atom is -0.486 e. The number of benzene rings is 2. The van der Waals surface area contributed by atoms with Crippen LogP contribution in [-0.4, -0.2) is 77.5 Å². The van der Waals surface area contributed by atoms with Crippen molar-refractivity contribution in [2.75, 3.05) is 47.1 Å². The van der Waals surface area contributed by atoms with Crippen molar-refractivity contribution in [3.8, 4) is 23.0 Å². The van der Waals surface area contributed by atoms with Gasteiger partial charge in [0.1, 0.15) is 31.5 Å². The highest BCUT2D eigenvalue weighted by atomic mass is 16.6. The van der Waals surface area contributed by atoms with Gasteiger partial charge in [0.25, 0.3) is 0 Å². The van der Waals surface area contributed by atoms with E-state index < -0.39 is 0 Å². The largest absolute Gasteiger partial charge is 0.486 e. The zero-order valence-electron chi connectivity index (χ0n) is 48.2. The van der Waals surface area contributed by atoms with E-state index in [0.717, 1.165) is 87.1 Å². The molecule has 2 aromatic carbocycles. The van der Waals surface area contributed by atoms with E-state index in [2.05, 4.69) is 125 Å². The molecule has 8 nitrogen and oxygen atoms in total. The van der Waals surface area contributed by atoms with E-state index in [4.69, 9.17) is 28.4 Å². The summed E-state index contributed by atoms with van der Waals surface area (Å²) in [4.78, 5) is 0. The lowest BCUT2D eigenvalue weighted by atomic mass is 9.48.